The van der Waals surface area contributed by atoms with E-state index in [1.54, 1.807) is 0 Å². The molecular formula is C20H28N4O2S. The molecule has 1 atom stereocenters. The Morgan fingerprint density at radius 1 is 1.15 bits per heavy atom. The number of hydrogen-bond donors (Lipinski definition) is 0. The molecule has 0 N–H and O–H groups in total. The molecule has 6 nitrogen and oxygen atoms in total. The Morgan fingerprint density at radius 2 is 1.89 bits per heavy atom. The molecule has 1 aliphatic rings. The molecule has 2 heterocycles. The molecule has 27 heavy (non-hydrogen) atoms. The Labute approximate surface area is 162 Å². The van der Waals surface area contributed by atoms with Crippen molar-refractivity contribution in [2.75, 3.05) is 41.9 Å². The molecule has 1 fully saturated rings. The summed E-state index contributed by atoms with van der Waals surface area (Å²) in [5.41, 5.74) is 1.88. The normalized spacial score (nSPS) is 18.4. The highest BCUT2D eigenvalue weighted by atomic mass is 32.2. The van der Waals surface area contributed by atoms with Crippen molar-refractivity contribution in [2.45, 2.75) is 32.2 Å². The Morgan fingerprint density at radius 3 is 2.52 bits per heavy atom. The number of benzene rings is 1. The summed E-state index contributed by atoms with van der Waals surface area (Å²) in [6, 6.07) is 11.9. The van der Waals surface area contributed by atoms with Gasteiger partial charge in [-0.05, 0) is 12.8 Å². The van der Waals surface area contributed by atoms with Gasteiger partial charge in [0.25, 0.3) is 0 Å². The first kappa shape index (κ1) is 19.6. The minimum absolute atomic E-state index is 0.0395. The third kappa shape index (κ3) is 4.77. The molecule has 2 aromatic rings. The predicted molar refractivity (Wildman–Crippen MR) is 111 cm³/mol. The molecule has 7 heteroatoms. The van der Waals surface area contributed by atoms with E-state index in [1.165, 1.54) is 0 Å². The zero-order valence-corrected chi connectivity index (χ0v) is 17.1. The van der Waals surface area contributed by atoms with Gasteiger partial charge in [-0.1, -0.05) is 43.7 Å². The summed E-state index contributed by atoms with van der Waals surface area (Å²) < 4.78 is 23.8. The van der Waals surface area contributed by atoms with Gasteiger partial charge < -0.3 is 9.80 Å². The zero-order chi connectivity index (χ0) is 19.4. The summed E-state index contributed by atoms with van der Waals surface area (Å²) in [4.78, 5) is 13.6. The molecule has 0 radical (unpaired) electrons. The number of unbranched alkanes of at least 4 members (excludes halogenated alkanes) is 1. The van der Waals surface area contributed by atoms with Gasteiger partial charge in [0.2, 0.25) is 5.95 Å². The van der Waals surface area contributed by atoms with Crippen LogP contribution >= 0.6 is 0 Å². The van der Waals surface area contributed by atoms with Crippen LogP contribution < -0.4 is 9.80 Å². The molecule has 0 spiro atoms. The minimum atomic E-state index is -2.94. The standard InChI is InChI=1S/C20H28N4O2S/c1-4-5-12-23(2)20-21-18(16-9-7-6-8-10-16)14-19(22-20)24(3)17-11-13-27(25,26)15-17/h6-10,14,17H,4-5,11-13,15H2,1-3H3. The van der Waals surface area contributed by atoms with Crippen LogP contribution in [-0.2, 0) is 9.84 Å². The van der Waals surface area contributed by atoms with Crippen LogP contribution in [-0.4, -0.2) is 56.6 Å². The van der Waals surface area contributed by atoms with Gasteiger partial charge >= 0.3 is 0 Å². The van der Waals surface area contributed by atoms with Crippen molar-refractivity contribution >= 4 is 21.6 Å². The summed E-state index contributed by atoms with van der Waals surface area (Å²) in [6.07, 6.45) is 2.82. The van der Waals surface area contributed by atoms with Crippen LogP contribution in [0.4, 0.5) is 11.8 Å². The average molecular weight is 389 g/mol. The van der Waals surface area contributed by atoms with Crippen LogP contribution in [0.5, 0.6) is 0 Å². The fraction of sp³-hybridized carbons (Fsp3) is 0.500. The lowest BCUT2D eigenvalue weighted by Gasteiger charge is -2.26. The molecule has 1 unspecified atom stereocenters. The summed E-state index contributed by atoms with van der Waals surface area (Å²) >= 11 is 0. The third-order valence-corrected chi connectivity index (χ3v) is 6.83. The first-order valence-electron chi connectivity index (χ1n) is 9.48. The molecule has 1 aromatic carbocycles. The summed E-state index contributed by atoms with van der Waals surface area (Å²) in [5.74, 6) is 1.88. The van der Waals surface area contributed by atoms with Crippen molar-refractivity contribution in [1.29, 1.82) is 0 Å². The van der Waals surface area contributed by atoms with E-state index in [9.17, 15) is 8.42 Å². The van der Waals surface area contributed by atoms with Crippen LogP contribution in [0, 0.1) is 0 Å². The topological polar surface area (TPSA) is 66.4 Å². The lowest BCUT2D eigenvalue weighted by atomic mass is 10.1. The highest BCUT2D eigenvalue weighted by Gasteiger charge is 2.31. The molecule has 146 valence electrons. The van der Waals surface area contributed by atoms with E-state index in [0.717, 1.165) is 36.5 Å². The quantitative estimate of drug-likeness (QED) is 0.726. The SMILES string of the molecule is CCCCN(C)c1nc(-c2ccccc2)cc(N(C)C2CCS(=O)(=O)C2)n1. The number of nitrogens with zero attached hydrogens (tertiary/aromatic N) is 4. The second-order valence-corrected chi connectivity index (χ2v) is 9.45. The van der Waals surface area contributed by atoms with E-state index in [0.29, 0.717) is 12.4 Å². The Balaban J connectivity index is 1.96. The van der Waals surface area contributed by atoms with Crippen LogP contribution in [0.3, 0.4) is 0 Å². The summed E-state index contributed by atoms with van der Waals surface area (Å²) in [6.45, 7) is 3.05. The fourth-order valence-electron chi connectivity index (χ4n) is 3.29. The molecule has 1 aromatic heterocycles. The lowest BCUT2D eigenvalue weighted by molar-refractivity contribution is 0.600. The minimum Gasteiger partial charge on any atom is -0.355 e. The first-order valence-corrected chi connectivity index (χ1v) is 11.3. The van der Waals surface area contributed by atoms with Gasteiger partial charge in [0.1, 0.15) is 5.82 Å². The second-order valence-electron chi connectivity index (χ2n) is 7.22. The summed E-state index contributed by atoms with van der Waals surface area (Å²) in [7, 11) is 0.988. The molecule has 0 amide bonds. The van der Waals surface area contributed by atoms with Crippen molar-refractivity contribution < 1.29 is 8.42 Å². The molecule has 1 saturated heterocycles. The van der Waals surface area contributed by atoms with Crippen LogP contribution in [0.2, 0.25) is 0 Å². The molecule has 1 aliphatic heterocycles. The number of sulfone groups is 1. The van der Waals surface area contributed by atoms with Gasteiger partial charge in [0, 0.05) is 38.3 Å². The van der Waals surface area contributed by atoms with Crippen LogP contribution in [0.15, 0.2) is 36.4 Å². The summed E-state index contributed by atoms with van der Waals surface area (Å²) in [5, 5.41) is 0. The number of hydrogen-bond acceptors (Lipinski definition) is 6. The van der Waals surface area contributed by atoms with Gasteiger partial charge in [-0.15, -0.1) is 0 Å². The van der Waals surface area contributed by atoms with Gasteiger partial charge in [0.05, 0.1) is 17.2 Å². The Kier molecular flexibility index (Phi) is 5.99. The predicted octanol–water partition coefficient (Wildman–Crippen LogP) is 3.00. The van der Waals surface area contributed by atoms with Crippen molar-refractivity contribution in [2.24, 2.45) is 0 Å². The Bertz CT molecular complexity index is 871. The van der Waals surface area contributed by atoms with Gasteiger partial charge in [-0.2, -0.15) is 4.98 Å². The van der Waals surface area contributed by atoms with Crippen LogP contribution in [0.1, 0.15) is 26.2 Å². The molecular weight excluding hydrogens is 360 g/mol. The smallest absolute Gasteiger partial charge is 0.227 e. The first-order chi connectivity index (χ1) is 12.9. The number of anilines is 2. The largest absolute Gasteiger partial charge is 0.355 e. The molecule has 3 rings (SSSR count). The van der Waals surface area contributed by atoms with Crippen LogP contribution in [0.25, 0.3) is 11.3 Å². The van der Waals surface area contributed by atoms with Crippen molar-refractivity contribution in [1.82, 2.24) is 9.97 Å². The van der Waals surface area contributed by atoms with E-state index < -0.39 is 9.84 Å². The van der Waals surface area contributed by atoms with Crippen molar-refractivity contribution in [3.05, 3.63) is 36.4 Å². The van der Waals surface area contributed by atoms with E-state index in [4.69, 9.17) is 9.97 Å². The lowest BCUT2D eigenvalue weighted by Crippen LogP contribution is -2.34. The van der Waals surface area contributed by atoms with E-state index >= 15 is 0 Å². The number of aromatic nitrogens is 2. The molecule has 0 aliphatic carbocycles. The maximum Gasteiger partial charge on any atom is 0.227 e. The van der Waals surface area contributed by atoms with Gasteiger partial charge in [-0.3, -0.25) is 0 Å². The van der Waals surface area contributed by atoms with Gasteiger partial charge in [-0.25, -0.2) is 13.4 Å². The highest BCUT2D eigenvalue weighted by Crippen LogP contribution is 2.27. The molecule has 0 bridgehead atoms. The maximum absolute atomic E-state index is 11.9. The van der Waals surface area contributed by atoms with Gasteiger partial charge in [0.15, 0.2) is 9.84 Å². The van der Waals surface area contributed by atoms with Crippen molar-refractivity contribution in [3.8, 4) is 11.3 Å². The fourth-order valence-corrected chi connectivity index (χ4v) is 5.07. The van der Waals surface area contributed by atoms with E-state index in [1.807, 2.05) is 55.4 Å². The van der Waals surface area contributed by atoms with E-state index in [2.05, 4.69) is 11.8 Å². The third-order valence-electron chi connectivity index (χ3n) is 5.08. The average Bonchev–Trinajstić information content (AvgIpc) is 3.05. The van der Waals surface area contributed by atoms with E-state index in [-0.39, 0.29) is 17.5 Å². The molecule has 0 saturated carbocycles. The van der Waals surface area contributed by atoms with Crippen molar-refractivity contribution in [3.63, 3.8) is 0 Å². The maximum atomic E-state index is 11.9. The Hall–Kier alpha value is -2.15. The monoisotopic (exact) mass is 388 g/mol. The highest BCUT2D eigenvalue weighted by molar-refractivity contribution is 7.91. The second kappa shape index (κ2) is 8.25. The zero-order valence-electron chi connectivity index (χ0n) is 16.3. The number of rotatable bonds is 7.